The van der Waals surface area contributed by atoms with Crippen molar-refractivity contribution in [1.82, 2.24) is 0 Å². The molecule has 3 rings (SSSR count). The van der Waals surface area contributed by atoms with E-state index in [0.29, 0.717) is 17.7 Å². The molecule has 41 heavy (non-hydrogen) atoms. The van der Waals surface area contributed by atoms with Crippen molar-refractivity contribution in [3.8, 4) is 19.5 Å². The quantitative estimate of drug-likeness (QED) is 0.101. The third-order valence-electron chi connectivity index (χ3n) is 7.49. The minimum Gasteiger partial charge on any atom is -0.224 e. The molecule has 0 saturated heterocycles. The molecule has 0 aromatic carbocycles. The van der Waals surface area contributed by atoms with Crippen LogP contribution in [0.25, 0.3) is 19.5 Å². The maximum absolute atomic E-state index is 13.8. The molecule has 0 spiro atoms. The molecular formula is C32H48O4S5. The summed E-state index contributed by atoms with van der Waals surface area (Å²) in [5, 5.41) is 3.61. The van der Waals surface area contributed by atoms with Crippen molar-refractivity contribution in [1.29, 1.82) is 0 Å². The Morgan fingerprint density at radius 1 is 0.561 bits per heavy atom. The Morgan fingerprint density at radius 2 is 1.07 bits per heavy atom. The average molecular weight is 657 g/mol. The Morgan fingerprint density at radius 3 is 1.61 bits per heavy atom. The fraction of sp³-hybridized carbons (Fsp3) is 0.625. The zero-order chi connectivity index (χ0) is 29.6. The smallest absolute Gasteiger partial charge is 0.181 e. The van der Waals surface area contributed by atoms with Crippen LogP contribution in [0.15, 0.2) is 44.8 Å². The number of hydrogen-bond acceptors (Lipinski definition) is 7. The average Bonchev–Trinajstić information content (AvgIpc) is 3.72. The van der Waals surface area contributed by atoms with Gasteiger partial charge in [0, 0.05) is 20.0 Å². The topological polar surface area (TPSA) is 68.3 Å². The Kier molecular flexibility index (Phi) is 15.1. The summed E-state index contributed by atoms with van der Waals surface area (Å²) in [7, 11) is -7.47. The van der Waals surface area contributed by atoms with E-state index in [-0.39, 0.29) is 21.3 Å². The number of thiophene rings is 3. The summed E-state index contributed by atoms with van der Waals surface area (Å²) in [6.07, 6.45) is 17.0. The van der Waals surface area contributed by atoms with Crippen molar-refractivity contribution in [3.63, 3.8) is 0 Å². The number of hydrogen-bond donors (Lipinski definition) is 0. The van der Waals surface area contributed by atoms with Crippen molar-refractivity contribution in [3.05, 3.63) is 35.0 Å². The molecule has 0 unspecified atom stereocenters. The molecule has 4 nitrogen and oxygen atoms in total. The predicted molar refractivity (Wildman–Crippen MR) is 180 cm³/mol. The van der Waals surface area contributed by atoms with Gasteiger partial charge < -0.3 is 0 Å². The van der Waals surface area contributed by atoms with Crippen molar-refractivity contribution < 1.29 is 16.8 Å². The number of rotatable bonds is 22. The number of sulfone groups is 2. The number of unbranched alkanes of at least 4 members (excludes halogenated alkanes) is 14. The van der Waals surface area contributed by atoms with Gasteiger partial charge in [-0.1, -0.05) is 110 Å². The van der Waals surface area contributed by atoms with Gasteiger partial charge in [0.25, 0.3) is 0 Å². The second-order valence-electron chi connectivity index (χ2n) is 11.0. The van der Waals surface area contributed by atoms with E-state index in [1.165, 1.54) is 74.0 Å². The van der Waals surface area contributed by atoms with Gasteiger partial charge in [0.1, 0.15) is 4.90 Å². The normalized spacial score (nSPS) is 12.3. The molecular weight excluding hydrogens is 609 g/mol. The Balaban J connectivity index is 1.74. The Bertz CT molecular complexity index is 1350. The highest BCUT2D eigenvalue weighted by Gasteiger charge is 2.32. The molecule has 0 aliphatic rings. The molecule has 0 radical (unpaired) electrons. The standard InChI is InChI=1S/C32H48O4S5/c1-3-5-7-9-11-13-15-17-24-40(33,34)30-26-38-31(29-22-21-28(39-29)27-20-19-23-37-27)32(30)41(35,36)25-18-16-14-12-10-8-6-4-2/h19-23,26H,3-18,24-25H2,1-2H3. The molecule has 0 aliphatic heterocycles. The minimum absolute atomic E-state index is 0.00327. The van der Waals surface area contributed by atoms with Gasteiger partial charge >= 0.3 is 0 Å². The van der Waals surface area contributed by atoms with Gasteiger partial charge in [-0.2, -0.15) is 0 Å². The lowest BCUT2D eigenvalue weighted by Crippen LogP contribution is -2.14. The largest absolute Gasteiger partial charge is 0.224 e. The van der Waals surface area contributed by atoms with Crippen LogP contribution in [0.4, 0.5) is 0 Å². The van der Waals surface area contributed by atoms with E-state index in [1.54, 1.807) is 16.7 Å². The molecule has 0 atom stereocenters. The molecule has 3 heterocycles. The first-order valence-electron chi connectivity index (χ1n) is 15.5. The van der Waals surface area contributed by atoms with Crippen molar-refractivity contribution in [2.24, 2.45) is 0 Å². The lowest BCUT2D eigenvalue weighted by molar-refractivity contribution is 0.566. The maximum atomic E-state index is 13.8. The summed E-state index contributed by atoms with van der Waals surface area (Å²) in [4.78, 5) is 3.66. The Labute approximate surface area is 261 Å². The molecule has 3 aromatic rings. The van der Waals surface area contributed by atoms with Gasteiger partial charge in [0.15, 0.2) is 19.7 Å². The van der Waals surface area contributed by atoms with E-state index in [0.717, 1.165) is 53.2 Å². The summed E-state index contributed by atoms with van der Waals surface area (Å²) < 4.78 is 54.7. The maximum Gasteiger partial charge on any atom is 0.181 e. The zero-order valence-electron chi connectivity index (χ0n) is 24.9. The molecule has 0 aliphatic carbocycles. The van der Waals surface area contributed by atoms with Crippen LogP contribution >= 0.6 is 34.0 Å². The van der Waals surface area contributed by atoms with E-state index in [2.05, 4.69) is 13.8 Å². The van der Waals surface area contributed by atoms with Gasteiger partial charge in [-0.3, -0.25) is 0 Å². The van der Waals surface area contributed by atoms with Crippen LogP contribution in [0.3, 0.4) is 0 Å². The first-order valence-corrected chi connectivity index (χ1v) is 21.4. The van der Waals surface area contributed by atoms with Crippen LogP contribution in [-0.4, -0.2) is 28.3 Å². The van der Waals surface area contributed by atoms with Crippen molar-refractivity contribution in [2.75, 3.05) is 11.5 Å². The zero-order valence-corrected chi connectivity index (χ0v) is 28.9. The fourth-order valence-corrected chi connectivity index (χ4v) is 12.8. The van der Waals surface area contributed by atoms with Crippen LogP contribution in [-0.2, 0) is 19.7 Å². The molecule has 0 bridgehead atoms. The third-order valence-corrected chi connectivity index (χ3v) is 14.9. The molecule has 0 fully saturated rings. The van der Waals surface area contributed by atoms with Gasteiger partial charge in [0.05, 0.1) is 21.3 Å². The van der Waals surface area contributed by atoms with E-state index in [4.69, 9.17) is 0 Å². The van der Waals surface area contributed by atoms with Crippen LogP contribution in [0.5, 0.6) is 0 Å². The van der Waals surface area contributed by atoms with Crippen LogP contribution < -0.4 is 0 Å². The molecule has 0 amide bonds. The van der Waals surface area contributed by atoms with E-state index < -0.39 is 19.7 Å². The van der Waals surface area contributed by atoms with Crippen molar-refractivity contribution in [2.45, 2.75) is 126 Å². The van der Waals surface area contributed by atoms with E-state index >= 15 is 0 Å². The fourth-order valence-electron chi connectivity index (χ4n) is 5.09. The van der Waals surface area contributed by atoms with E-state index in [1.807, 2.05) is 29.6 Å². The van der Waals surface area contributed by atoms with Gasteiger partial charge in [-0.15, -0.1) is 34.0 Å². The highest BCUT2D eigenvalue weighted by atomic mass is 32.2. The molecule has 0 N–H and O–H groups in total. The third kappa shape index (κ3) is 10.9. The van der Waals surface area contributed by atoms with Gasteiger partial charge in [-0.25, -0.2) is 16.8 Å². The highest BCUT2D eigenvalue weighted by molar-refractivity contribution is 7.94. The Hall–Kier alpha value is -1.000. The summed E-state index contributed by atoms with van der Waals surface area (Å²) in [6, 6.07) is 8.00. The first kappa shape index (κ1) is 34.5. The lowest BCUT2D eigenvalue weighted by atomic mass is 10.1. The van der Waals surface area contributed by atoms with Crippen molar-refractivity contribution >= 4 is 53.7 Å². The molecule has 0 saturated carbocycles. The monoisotopic (exact) mass is 656 g/mol. The van der Waals surface area contributed by atoms with E-state index in [9.17, 15) is 16.8 Å². The summed E-state index contributed by atoms with van der Waals surface area (Å²) in [6.45, 7) is 4.40. The van der Waals surface area contributed by atoms with Gasteiger partial charge in [-0.05, 0) is 36.4 Å². The summed E-state index contributed by atoms with van der Waals surface area (Å²) in [5.41, 5.74) is 0. The SMILES string of the molecule is CCCCCCCCCCS(=O)(=O)c1csc(-c2ccc(-c3cccs3)s2)c1S(=O)(=O)CCCCCCCCCC. The van der Waals surface area contributed by atoms with Crippen LogP contribution in [0.1, 0.15) is 117 Å². The lowest BCUT2D eigenvalue weighted by Gasteiger charge is -2.10. The highest BCUT2D eigenvalue weighted by Crippen LogP contribution is 2.45. The minimum atomic E-state index is -3.76. The predicted octanol–water partition coefficient (Wildman–Crippen LogP) is 11.0. The van der Waals surface area contributed by atoms with Crippen LogP contribution in [0.2, 0.25) is 0 Å². The summed E-state index contributed by atoms with van der Waals surface area (Å²) >= 11 is 4.44. The summed E-state index contributed by atoms with van der Waals surface area (Å²) in [5.74, 6) is -0.00156. The molecule has 3 aromatic heterocycles. The molecule has 230 valence electrons. The first-order chi connectivity index (χ1) is 19.8. The van der Waals surface area contributed by atoms with Gasteiger partial charge in [0.2, 0.25) is 0 Å². The second kappa shape index (κ2) is 18.0. The van der Waals surface area contributed by atoms with Crippen LogP contribution in [0, 0.1) is 0 Å². The molecule has 9 heteroatoms. The second-order valence-corrected chi connectivity index (χ2v) is 18.0.